The minimum atomic E-state index is -0.436. The van der Waals surface area contributed by atoms with Crippen molar-refractivity contribution in [1.82, 2.24) is 20.1 Å². The van der Waals surface area contributed by atoms with E-state index < -0.39 is 6.04 Å². The van der Waals surface area contributed by atoms with Gasteiger partial charge in [0.15, 0.2) is 0 Å². The Morgan fingerprint density at radius 3 is 2.52 bits per heavy atom. The van der Waals surface area contributed by atoms with E-state index in [0.29, 0.717) is 5.69 Å². The third-order valence-corrected chi connectivity index (χ3v) is 2.75. The second kappa shape index (κ2) is 8.61. The van der Waals surface area contributed by atoms with Gasteiger partial charge in [-0.3, -0.25) is 14.5 Å². The van der Waals surface area contributed by atoms with Crippen molar-refractivity contribution in [3.8, 4) is 0 Å². The Morgan fingerprint density at radius 2 is 2.00 bits per heavy atom. The zero-order chi connectivity index (χ0) is 13.8. The van der Waals surface area contributed by atoms with E-state index in [4.69, 9.17) is 0 Å². The fourth-order valence-corrected chi connectivity index (χ4v) is 1.88. The van der Waals surface area contributed by atoms with Crippen molar-refractivity contribution in [2.45, 2.75) is 13.0 Å². The number of amides is 1. The first kappa shape index (κ1) is 19.4. The summed E-state index contributed by atoms with van der Waals surface area (Å²) in [6.45, 7) is 1.93. The highest BCUT2D eigenvalue weighted by molar-refractivity contribution is 5.95. The molecule has 0 fully saturated rings. The van der Waals surface area contributed by atoms with E-state index in [1.807, 2.05) is 26.2 Å². The molecule has 0 radical (unpaired) electrons. The highest BCUT2D eigenvalue weighted by Crippen LogP contribution is 2.15. The maximum Gasteiger partial charge on any atom is 0.246 e. The van der Waals surface area contributed by atoms with E-state index in [0.717, 1.165) is 11.1 Å². The summed E-state index contributed by atoms with van der Waals surface area (Å²) in [6.07, 6.45) is 6.86. The molecule has 21 heavy (non-hydrogen) atoms. The van der Waals surface area contributed by atoms with Gasteiger partial charge in [-0.25, -0.2) is 0 Å². The number of hydrogen-bond donors (Lipinski definition) is 2. The van der Waals surface area contributed by atoms with E-state index in [-0.39, 0.29) is 30.7 Å². The SMILES string of the molecule is CNC(C(=O)Nc1cncc(C)c1)c1cnn(C)c1.Cl.Cl. The Hall–Kier alpha value is -1.63. The standard InChI is InChI=1S/C13H17N5O.2ClH/c1-9-4-11(7-15-5-9)17-13(19)12(14-2)10-6-16-18(3)8-10;;/h4-8,12,14H,1-3H3,(H,17,19);2*1H. The lowest BCUT2D eigenvalue weighted by Crippen LogP contribution is -2.30. The first-order valence-electron chi connectivity index (χ1n) is 5.98. The number of hydrogen-bond acceptors (Lipinski definition) is 4. The van der Waals surface area contributed by atoms with Crippen LogP contribution >= 0.6 is 24.8 Å². The van der Waals surface area contributed by atoms with Gasteiger partial charge in [-0.05, 0) is 25.6 Å². The summed E-state index contributed by atoms with van der Waals surface area (Å²) in [5.74, 6) is -0.136. The maximum absolute atomic E-state index is 12.2. The van der Waals surface area contributed by atoms with Crippen LogP contribution in [0.25, 0.3) is 0 Å². The third kappa shape index (κ3) is 5.00. The number of pyridine rings is 1. The molecule has 1 unspecified atom stereocenters. The Bertz CT molecular complexity index is 587. The second-order valence-corrected chi connectivity index (χ2v) is 4.41. The number of carbonyl (C=O) groups excluding carboxylic acids is 1. The predicted octanol–water partition coefficient (Wildman–Crippen LogP) is 1.87. The molecule has 0 aliphatic rings. The molecule has 6 nitrogen and oxygen atoms in total. The number of aromatic nitrogens is 3. The van der Waals surface area contributed by atoms with E-state index in [1.54, 1.807) is 30.3 Å². The molecule has 0 aromatic carbocycles. The zero-order valence-corrected chi connectivity index (χ0v) is 13.7. The average molecular weight is 332 g/mol. The summed E-state index contributed by atoms with van der Waals surface area (Å²) in [5, 5.41) is 9.89. The van der Waals surface area contributed by atoms with Crippen LogP contribution in [0.4, 0.5) is 5.69 Å². The molecule has 1 amide bonds. The van der Waals surface area contributed by atoms with Gasteiger partial charge in [0.1, 0.15) is 6.04 Å². The predicted molar refractivity (Wildman–Crippen MR) is 87.1 cm³/mol. The lowest BCUT2D eigenvalue weighted by atomic mass is 10.1. The van der Waals surface area contributed by atoms with Crippen molar-refractivity contribution in [2.75, 3.05) is 12.4 Å². The maximum atomic E-state index is 12.2. The Kier molecular flexibility index (Phi) is 7.94. The van der Waals surface area contributed by atoms with Crippen LogP contribution in [0.3, 0.4) is 0 Å². The van der Waals surface area contributed by atoms with Crippen LogP contribution in [0.1, 0.15) is 17.2 Å². The number of likely N-dealkylation sites (N-methyl/N-ethyl adjacent to an activating group) is 1. The summed E-state index contributed by atoms with van der Waals surface area (Å²) in [6, 6.07) is 1.44. The van der Waals surface area contributed by atoms with Gasteiger partial charge in [0.05, 0.1) is 18.1 Å². The van der Waals surface area contributed by atoms with Crippen molar-refractivity contribution in [1.29, 1.82) is 0 Å². The van der Waals surface area contributed by atoms with E-state index in [2.05, 4.69) is 20.7 Å². The van der Waals surface area contributed by atoms with Gasteiger partial charge in [-0.2, -0.15) is 5.10 Å². The Balaban J connectivity index is 0.00000200. The van der Waals surface area contributed by atoms with Crippen LogP contribution in [-0.4, -0.2) is 27.7 Å². The van der Waals surface area contributed by atoms with Crippen LogP contribution in [0.2, 0.25) is 0 Å². The first-order chi connectivity index (χ1) is 9.10. The van der Waals surface area contributed by atoms with Gasteiger partial charge in [-0.15, -0.1) is 24.8 Å². The lowest BCUT2D eigenvalue weighted by Gasteiger charge is -2.14. The van der Waals surface area contributed by atoms with E-state index in [1.165, 1.54) is 0 Å². The molecular weight excluding hydrogens is 313 g/mol. The number of nitrogens with zero attached hydrogens (tertiary/aromatic N) is 3. The molecule has 0 aliphatic carbocycles. The van der Waals surface area contributed by atoms with Crippen molar-refractivity contribution in [3.05, 3.63) is 42.0 Å². The third-order valence-electron chi connectivity index (χ3n) is 2.75. The van der Waals surface area contributed by atoms with Crippen molar-refractivity contribution >= 4 is 36.4 Å². The van der Waals surface area contributed by atoms with Gasteiger partial charge in [0.2, 0.25) is 5.91 Å². The number of carbonyl (C=O) groups is 1. The number of rotatable bonds is 4. The molecule has 116 valence electrons. The minimum absolute atomic E-state index is 0. The molecule has 0 aliphatic heterocycles. The minimum Gasteiger partial charge on any atom is -0.323 e. The Morgan fingerprint density at radius 1 is 1.29 bits per heavy atom. The molecule has 2 aromatic rings. The Labute approximate surface area is 136 Å². The largest absolute Gasteiger partial charge is 0.323 e. The zero-order valence-electron chi connectivity index (χ0n) is 12.0. The van der Waals surface area contributed by atoms with Crippen LogP contribution < -0.4 is 10.6 Å². The molecule has 2 N–H and O–H groups in total. The van der Waals surface area contributed by atoms with Gasteiger partial charge in [0, 0.05) is 25.0 Å². The summed E-state index contributed by atoms with van der Waals surface area (Å²) in [4.78, 5) is 16.3. The molecule has 0 saturated carbocycles. The monoisotopic (exact) mass is 331 g/mol. The summed E-state index contributed by atoms with van der Waals surface area (Å²) in [7, 11) is 3.56. The van der Waals surface area contributed by atoms with Crippen LogP contribution in [0.15, 0.2) is 30.9 Å². The smallest absolute Gasteiger partial charge is 0.246 e. The number of aryl methyl sites for hydroxylation is 2. The first-order valence-corrected chi connectivity index (χ1v) is 5.98. The molecule has 0 bridgehead atoms. The highest BCUT2D eigenvalue weighted by atomic mass is 35.5. The normalized spacial score (nSPS) is 11.0. The van der Waals surface area contributed by atoms with Crippen LogP contribution in [-0.2, 0) is 11.8 Å². The van der Waals surface area contributed by atoms with Crippen LogP contribution in [0.5, 0.6) is 0 Å². The van der Waals surface area contributed by atoms with E-state index in [9.17, 15) is 4.79 Å². The summed E-state index contributed by atoms with van der Waals surface area (Å²) in [5.41, 5.74) is 2.51. The lowest BCUT2D eigenvalue weighted by molar-refractivity contribution is -0.118. The topological polar surface area (TPSA) is 71.8 Å². The quantitative estimate of drug-likeness (QED) is 0.897. The number of nitrogens with one attached hydrogen (secondary N) is 2. The molecule has 0 spiro atoms. The molecule has 2 rings (SSSR count). The molecule has 0 saturated heterocycles. The van der Waals surface area contributed by atoms with Crippen molar-refractivity contribution < 1.29 is 4.79 Å². The molecule has 2 heterocycles. The molecule has 1 atom stereocenters. The average Bonchev–Trinajstić information content (AvgIpc) is 2.76. The van der Waals surface area contributed by atoms with Crippen molar-refractivity contribution in [3.63, 3.8) is 0 Å². The second-order valence-electron chi connectivity index (χ2n) is 4.41. The molecule has 8 heteroatoms. The van der Waals surface area contributed by atoms with Gasteiger partial charge >= 0.3 is 0 Å². The summed E-state index contributed by atoms with van der Waals surface area (Å²) < 4.78 is 1.67. The van der Waals surface area contributed by atoms with Crippen molar-refractivity contribution in [2.24, 2.45) is 7.05 Å². The van der Waals surface area contributed by atoms with Crippen LogP contribution in [0, 0.1) is 6.92 Å². The molecular formula is C13H19Cl2N5O. The fourth-order valence-electron chi connectivity index (χ4n) is 1.88. The van der Waals surface area contributed by atoms with Gasteiger partial charge < -0.3 is 10.6 Å². The molecule has 2 aromatic heterocycles. The number of halogens is 2. The summed E-state index contributed by atoms with van der Waals surface area (Å²) >= 11 is 0. The highest BCUT2D eigenvalue weighted by Gasteiger charge is 2.20. The van der Waals surface area contributed by atoms with Gasteiger partial charge in [0.25, 0.3) is 0 Å². The number of anilines is 1. The van der Waals surface area contributed by atoms with Gasteiger partial charge in [-0.1, -0.05) is 0 Å². The van der Waals surface area contributed by atoms with E-state index >= 15 is 0 Å². The fraction of sp³-hybridized carbons (Fsp3) is 0.308.